The maximum absolute atomic E-state index is 11.5. The van der Waals surface area contributed by atoms with E-state index in [0.29, 0.717) is 20.3 Å². The lowest BCUT2D eigenvalue weighted by Gasteiger charge is -2.12. The fourth-order valence-corrected chi connectivity index (χ4v) is 2.88. The van der Waals surface area contributed by atoms with Gasteiger partial charge in [-0.1, -0.05) is 0 Å². The summed E-state index contributed by atoms with van der Waals surface area (Å²) in [6.45, 7) is 4.09. The quantitative estimate of drug-likeness (QED) is 0.755. The van der Waals surface area contributed by atoms with Crippen molar-refractivity contribution in [3.8, 4) is 5.75 Å². The summed E-state index contributed by atoms with van der Waals surface area (Å²) in [5, 5.41) is 2.79. The van der Waals surface area contributed by atoms with Crippen molar-refractivity contribution >= 4 is 44.1 Å². The third-order valence-electron chi connectivity index (χ3n) is 2.18. The largest absolute Gasteiger partial charge is 0.491 e. The van der Waals surface area contributed by atoms with Gasteiger partial charge in [-0.25, -0.2) is 0 Å². The van der Waals surface area contributed by atoms with E-state index in [1.807, 2.05) is 13.8 Å². The first kappa shape index (κ1) is 16.2. The normalized spacial score (nSPS) is 10.4. The first-order valence-corrected chi connectivity index (χ1v) is 7.39. The summed E-state index contributed by atoms with van der Waals surface area (Å²) < 4.78 is 6.90. The molecule has 0 aliphatic rings. The SMILES string of the molecule is CC(C)NC(=O)CCOc1c(Br)cc(C=O)cc1Br. The first-order valence-electron chi connectivity index (χ1n) is 5.80. The van der Waals surface area contributed by atoms with Gasteiger partial charge in [-0.2, -0.15) is 0 Å². The van der Waals surface area contributed by atoms with Crippen molar-refractivity contribution in [1.82, 2.24) is 5.32 Å². The number of hydrogen-bond acceptors (Lipinski definition) is 3. The van der Waals surface area contributed by atoms with Crippen LogP contribution in [0.15, 0.2) is 21.1 Å². The van der Waals surface area contributed by atoms with Crippen LogP contribution < -0.4 is 10.1 Å². The smallest absolute Gasteiger partial charge is 0.223 e. The number of carbonyl (C=O) groups excluding carboxylic acids is 2. The molecule has 19 heavy (non-hydrogen) atoms. The predicted molar refractivity (Wildman–Crippen MR) is 80.6 cm³/mol. The van der Waals surface area contributed by atoms with Crippen molar-refractivity contribution < 1.29 is 14.3 Å². The minimum absolute atomic E-state index is 0.0493. The van der Waals surface area contributed by atoms with Crippen LogP contribution in [0.3, 0.4) is 0 Å². The second-order valence-corrected chi connectivity index (χ2v) is 5.96. The molecule has 1 aromatic carbocycles. The van der Waals surface area contributed by atoms with Gasteiger partial charge in [0.25, 0.3) is 0 Å². The topological polar surface area (TPSA) is 55.4 Å². The number of amides is 1. The van der Waals surface area contributed by atoms with Crippen molar-refractivity contribution in [2.75, 3.05) is 6.61 Å². The molecule has 1 rings (SSSR count). The highest BCUT2D eigenvalue weighted by atomic mass is 79.9. The van der Waals surface area contributed by atoms with Gasteiger partial charge in [0.2, 0.25) is 5.91 Å². The Kier molecular flexibility index (Phi) is 6.51. The number of benzene rings is 1. The molecule has 0 aromatic heterocycles. The number of halogens is 2. The van der Waals surface area contributed by atoms with Gasteiger partial charge in [-0.3, -0.25) is 9.59 Å². The van der Waals surface area contributed by atoms with Gasteiger partial charge in [-0.05, 0) is 57.8 Å². The molecule has 0 atom stereocenters. The van der Waals surface area contributed by atoms with Crippen molar-refractivity contribution in [2.24, 2.45) is 0 Å². The van der Waals surface area contributed by atoms with Crippen LogP contribution in [0.5, 0.6) is 5.75 Å². The van der Waals surface area contributed by atoms with Crippen molar-refractivity contribution in [1.29, 1.82) is 0 Å². The summed E-state index contributed by atoms with van der Waals surface area (Å²) in [7, 11) is 0. The van der Waals surface area contributed by atoms with Crippen LogP contribution in [-0.2, 0) is 4.79 Å². The zero-order valence-corrected chi connectivity index (χ0v) is 13.9. The van der Waals surface area contributed by atoms with Crippen LogP contribution in [-0.4, -0.2) is 24.8 Å². The molecule has 0 spiro atoms. The Hall–Kier alpha value is -0.880. The van der Waals surface area contributed by atoms with Crippen molar-refractivity contribution in [3.63, 3.8) is 0 Å². The Balaban J connectivity index is 2.59. The Labute approximate surface area is 129 Å². The van der Waals surface area contributed by atoms with Crippen LogP contribution in [0.2, 0.25) is 0 Å². The minimum Gasteiger partial charge on any atom is -0.491 e. The lowest BCUT2D eigenvalue weighted by molar-refractivity contribution is -0.122. The highest BCUT2D eigenvalue weighted by molar-refractivity contribution is 9.11. The predicted octanol–water partition coefficient (Wildman–Crippen LogP) is 3.32. The van der Waals surface area contributed by atoms with Crippen LogP contribution in [0, 0.1) is 0 Å². The molecule has 6 heteroatoms. The summed E-state index contributed by atoms with van der Waals surface area (Å²) in [6, 6.07) is 3.46. The highest BCUT2D eigenvalue weighted by Gasteiger charge is 2.10. The van der Waals surface area contributed by atoms with E-state index in [2.05, 4.69) is 37.2 Å². The number of hydrogen-bond donors (Lipinski definition) is 1. The Morgan fingerprint density at radius 1 is 1.37 bits per heavy atom. The van der Waals surface area contributed by atoms with E-state index in [4.69, 9.17) is 4.74 Å². The maximum Gasteiger partial charge on any atom is 0.223 e. The number of nitrogens with one attached hydrogen (secondary N) is 1. The molecule has 0 heterocycles. The summed E-state index contributed by atoms with van der Waals surface area (Å²) in [4.78, 5) is 22.1. The Morgan fingerprint density at radius 3 is 2.42 bits per heavy atom. The maximum atomic E-state index is 11.5. The minimum atomic E-state index is -0.0493. The first-order chi connectivity index (χ1) is 8.93. The average Bonchev–Trinajstić information content (AvgIpc) is 2.31. The van der Waals surface area contributed by atoms with E-state index in [-0.39, 0.29) is 25.0 Å². The van der Waals surface area contributed by atoms with Gasteiger partial charge < -0.3 is 10.1 Å². The van der Waals surface area contributed by atoms with Gasteiger partial charge in [-0.15, -0.1) is 0 Å². The van der Waals surface area contributed by atoms with Gasteiger partial charge in [0.1, 0.15) is 12.0 Å². The zero-order valence-electron chi connectivity index (χ0n) is 10.7. The summed E-state index contributed by atoms with van der Waals surface area (Å²) >= 11 is 6.66. The summed E-state index contributed by atoms with van der Waals surface area (Å²) in [5.41, 5.74) is 0.545. The molecule has 0 saturated carbocycles. The van der Waals surface area contributed by atoms with E-state index in [1.54, 1.807) is 12.1 Å². The Bertz CT molecular complexity index is 452. The second-order valence-electron chi connectivity index (χ2n) is 4.25. The van der Waals surface area contributed by atoms with Crippen molar-refractivity contribution in [2.45, 2.75) is 26.3 Å². The van der Waals surface area contributed by atoms with Gasteiger partial charge >= 0.3 is 0 Å². The molecule has 1 amide bonds. The third-order valence-corrected chi connectivity index (χ3v) is 3.36. The van der Waals surface area contributed by atoms with Crippen molar-refractivity contribution in [3.05, 3.63) is 26.6 Å². The third kappa shape index (κ3) is 5.32. The van der Waals surface area contributed by atoms with Gasteiger partial charge in [0.15, 0.2) is 0 Å². The van der Waals surface area contributed by atoms with Crippen LogP contribution >= 0.6 is 31.9 Å². The number of aldehydes is 1. The molecular formula is C13H15Br2NO3. The molecule has 0 aliphatic carbocycles. The van der Waals surface area contributed by atoms with E-state index >= 15 is 0 Å². The number of carbonyl (C=O) groups is 2. The number of ether oxygens (including phenoxy) is 1. The second kappa shape index (κ2) is 7.65. The summed E-state index contributed by atoms with van der Waals surface area (Å²) in [5.74, 6) is 0.537. The molecule has 0 fully saturated rings. The molecule has 104 valence electrons. The monoisotopic (exact) mass is 391 g/mol. The molecule has 4 nitrogen and oxygen atoms in total. The van der Waals surface area contributed by atoms with E-state index in [0.717, 1.165) is 6.29 Å². The van der Waals surface area contributed by atoms with Crippen LogP contribution in [0.1, 0.15) is 30.6 Å². The summed E-state index contributed by atoms with van der Waals surface area (Å²) in [6.07, 6.45) is 1.04. The number of rotatable bonds is 6. The lowest BCUT2D eigenvalue weighted by Crippen LogP contribution is -2.31. The molecule has 0 saturated heterocycles. The van der Waals surface area contributed by atoms with E-state index in [9.17, 15) is 9.59 Å². The molecular weight excluding hydrogens is 378 g/mol. The van der Waals surface area contributed by atoms with Gasteiger partial charge in [0, 0.05) is 11.6 Å². The van der Waals surface area contributed by atoms with Crippen LogP contribution in [0.4, 0.5) is 0 Å². The molecule has 0 aliphatic heterocycles. The van der Waals surface area contributed by atoms with E-state index < -0.39 is 0 Å². The standard InChI is InChI=1S/C13H15Br2NO3/c1-8(2)16-12(18)3-4-19-13-10(14)5-9(7-17)6-11(13)15/h5-8H,3-4H2,1-2H3,(H,16,18). The van der Waals surface area contributed by atoms with Crippen LogP contribution in [0.25, 0.3) is 0 Å². The molecule has 0 radical (unpaired) electrons. The fraction of sp³-hybridized carbons (Fsp3) is 0.385. The lowest BCUT2D eigenvalue weighted by atomic mass is 10.2. The Morgan fingerprint density at radius 2 is 1.95 bits per heavy atom. The van der Waals surface area contributed by atoms with Gasteiger partial charge in [0.05, 0.1) is 22.0 Å². The average molecular weight is 393 g/mol. The molecule has 0 bridgehead atoms. The zero-order chi connectivity index (χ0) is 14.4. The fourth-order valence-electron chi connectivity index (χ4n) is 1.43. The molecule has 0 unspecified atom stereocenters. The highest BCUT2D eigenvalue weighted by Crippen LogP contribution is 2.34. The van der Waals surface area contributed by atoms with E-state index in [1.165, 1.54) is 0 Å². The molecule has 1 aromatic rings. The molecule has 1 N–H and O–H groups in total.